The fourth-order valence-electron chi connectivity index (χ4n) is 2.21. The Morgan fingerprint density at radius 2 is 1.76 bits per heavy atom. The van der Waals surface area contributed by atoms with Crippen LogP contribution in [0.15, 0.2) is 18.2 Å². The van der Waals surface area contributed by atoms with Crippen LogP contribution in [-0.2, 0) is 6.54 Å². The first kappa shape index (κ1) is 13.0. The molecule has 0 saturated carbocycles. The van der Waals surface area contributed by atoms with Gasteiger partial charge in [0, 0.05) is 17.4 Å². The van der Waals surface area contributed by atoms with Crippen LogP contribution in [0, 0.1) is 17.6 Å². The minimum Gasteiger partial charge on any atom is -0.299 e. The van der Waals surface area contributed by atoms with E-state index in [9.17, 15) is 8.78 Å². The summed E-state index contributed by atoms with van der Waals surface area (Å²) < 4.78 is 26.9. The van der Waals surface area contributed by atoms with Crippen molar-refractivity contribution in [2.24, 2.45) is 5.92 Å². The van der Waals surface area contributed by atoms with Crippen LogP contribution in [0.4, 0.5) is 8.78 Å². The van der Waals surface area contributed by atoms with Gasteiger partial charge in [0.05, 0.1) is 0 Å². The summed E-state index contributed by atoms with van der Waals surface area (Å²) in [7, 11) is 0. The Bertz CT molecular complexity index is 355. The van der Waals surface area contributed by atoms with Crippen LogP contribution in [-0.4, -0.2) is 23.3 Å². The van der Waals surface area contributed by atoms with Gasteiger partial charge >= 0.3 is 0 Å². The van der Waals surface area contributed by atoms with E-state index in [-0.39, 0.29) is 5.56 Å². The van der Waals surface area contributed by atoms with E-state index >= 15 is 0 Å². The van der Waals surface area contributed by atoms with Gasteiger partial charge in [0.25, 0.3) is 0 Å². The fourth-order valence-corrected chi connectivity index (χ4v) is 2.85. The van der Waals surface area contributed by atoms with Gasteiger partial charge in [-0.15, -0.1) is 0 Å². The van der Waals surface area contributed by atoms with Crippen LogP contribution >= 0.6 is 15.9 Å². The molecule has 1 fully saturated rings. The van der Waals surface area contributed by atoms with E-state index in [0.29, 0.717) is 12.5 Å². The largest absolute Gasteiger partial charge is 0.299 e. The number of likely N-dealkylation sites (tertiary alicyclic amines) is 1. The van der Waals surface area contributed by atoms with Crippen LogP contribution in [0.2, 0.25) is 0 Å². The molecule has 0 N–H and O–H groups in total. The summed E-state index contributed by atoms with van der Waals surface area (Å²) in [6, 6.07) is 4.05. The molecule has 0 bridgehead atoms. The molecule has 0 amide bonds. The van der Waals surface area contributed by atoms with Gasteiger partial charge in [-0.3, -0.25) is 4.90 Å². The Labute approximate surface area is 109 Å². The summed E-state index contributed by atoms with van der Waals surface area (Å²) in [5.74, 6) is -0.169. The molecular formula is C13H16BrF2N. The maximum atomic E-state index is 13.5. The maximum Gasteiger partial charge on any atom is 0.130 e. The highest BCUT2D eigenvalue weighted by molar-refractivity contribution is 9.09. The molecule has 1 nitrogen and oxygen atoms in total. The lowest BCUT2D eigenvalue weighted by Gasteiger charge is -2.31. The molecule has 0 aliphatic carbocycles. The number of rotatable bonds is 3. The van der Waals surface area contributed by atoms with E-state index in [1.165, 1.54) is 18.2 Å². The lowest BCUT2D eigenvalue weighted by atomic mass is 9.98. The predicted octanol–water partition coefficient (Wildman–Crippen LogP) is 3.57. The molecule has 1 aromatic rings. The molecule has 0 radical (unpaired) electrons. The molecule has 0 unspecified atom stereocenters. The maximum absolute atomic E-state index is 13.5. The molecule has 0 spiro atoms. The van der Waals surface area contributed by atoms with Crippen molar-refractivity contribution in [2.45, 2.75) is 19.4 Å². The van der Waals surface area contributed by atoms with Crippen molar-refractivity contribution in [3.05, 3.63) is 35.4 Å². The molecule has 94 valence electrons. The third-order valence-electron chi connectivity index (χ3n) is 3.37. The van der Waals surface area contributed by atoms with E-state index in [1.807, 2.05) is 0 Å². The molecule has 0 atom stereocenters. The average molecular weight is 304 g/mol. The number of piperidine rings is 1. The molecule has 1 saturated heterocycles. The van der Waals surface area contributed by atoms with Gasteiger partial charge in [-0.1, -0.05) is 22.0 Å². The molecular weight excluding hydrogens is 288 g/mol. The van der Waals surface area contributed by atoms with Gasteiger partial charge < -0.3 is 0 Å². The second kappa shape index (κ2) is 5.91. The summed E-state index contributed by atoms with van der Waals surface area (Å²) in [6.45, 7) is 2.22. The second-order valence-electron chi connectivity index (χ2n) is 4.57. The van der Waals surface area contributed by atoms with Gasteiger partial charge in [0.1, 0.15) is 11.6 Å². The molecule has 1 aromatic carbocycles. The Hall–Kier alpha value is -0.480. The van der Waals surface area contributed by atoms with Crippen LogP contribution in [0.5, 0.6) is 0 Å². The minimum atomic E-state index is -0.437. The van der Waals surface area contributed by atoms with Gasteiger partial charge in [-0.2, -0.15) is 0 Å². The van der Waals surface area contributed by atoms with Crippen molar-refractivity contribution < 1.29 is 8.78 Å². The number of halogens is 3. The van der Waals surface area contributed by atoms with Crippen LogP contribution in [0.25, 0.3) is 0 Å². The zero-order valence-corrected chi connectivity index (χ0v) is 11.2. The molecule has 4 heteroatoms. The first-order valence-electron chi connectivity index (χ1n) is 5.92. The van der Waals surface area contributed by atoms with Crippen molar-refractivity contribution in [2.75, 3.05) is 18.4 Å². The third-order valence-corrected chi connectivity index (χ3v) is 4.28. The summed E-state index contributed by atoms with van der Waals surface area (Å²) in [6.07, 6.45) is 2.20. The zero-order valence-electron chi connectivity index (χ0n) is 9.63. The second-order valence-corrected chi connectivity index (χ2v) is 5.22. The van der Waals surface area contributed by atoms with E-state index in [2.05, 4.69) is 20.8 Å². The molecule has 1 heterocycles. The Morgan fingerprint density at radius 3 is 2.29 bits per heavy atom. The van der Waals surface area contributed by atoms with E-state index in [0.717, 1.165) is 31.3 Å². The highest BCUT2D eigenvalue weighted by atomic mass is 79.9. The molecule has 1 aliphatic rings. The van der Waals surface area contributed by atoms with Crippen molar-refractivity contribution in [3.8, 4) is 0 Å². The van der Waals surface area contributed by atoms with Crippen LogP contribution < -0.4 is 0 Å². The summed E-state index contributed by atoms with van der Waals surface area (Å²) >= 11 is 3.48. The first-order chi connectivity index (χ1) is 8.20. The fraction of sp³-hybridized carbons (Fsp3) is 0.538. The monoisotopic (exact) mass is 303 g/mol. The Morgan fingerprint density at radius 1 is 1.18 bits per heavy atom. The molecule has 0 aromatic heterocycles. The molecule has 1 aliphatic heterocycles. The van der Waals surface area contributed by atoms with E-state index in [4.69, 9.17) is 0 Å². The van der Waals surface area contributed by atoms with Crippen molar-refractivity contribution in [3.63, 3.8) is 0 Å². The Kier molecular flexibility index (Phi) is 4.51. The Balaban J connectivity index is 1.98. The first-order valence-corrected chi connectivity index (χ1v) is 7.04. The van der Waals surface area contributed by atoms with Crippen molar-refractivity contribution >= 4 is 15.9 Å². The summed E-state index contributed by atoms with van der Waals surface area (Å²) in [5, 5.41) is 1.02. The van der Waals surface area contributed by atoms with Gasteiger partial charge in [0.15, 0.2) is 0 Å². The topological polar surface area (TPSA) is 3.24 Å². The number of hydrogen-bond donors (Lipinski definition) is 0. The number of benzene rings is 1. The average Bonchev–Trinajstić information content (AvgIpc) is 2.35. The SMILES string of the molecule is Fc1cccc(F)c1CN1CCC(CBr)CC1. The molecule has 17 heavy (non-hydrogen) atoms. The van der Waals surface area contributed by atoms with E-state index < -0.39 is 11.6 Å². The van der Waals surface area contributed by atoms with Crippen molar-refractivity contribution in [1.82, 2.24) is 4.90 Å². The quantitative estimate of drug-likeness (QED) is 0.772. The van der Waals surface area contributed by atoms with Gasteiger partial charge in [-0.05, 0) is 44.0 Å². The lowest BCUT2D eigenvalue weighted by molar-refractivity contribution is 0.183. The third kappa shape index (κ3) is 3.26. The normalized spacial score (nSPS) is 18.5. The summed E-state index contributed by atoms with van der Waals surface area (Å²) in [4.78, 5) is 2.13. The minimum absolute atomic E-state index is 0.199. The number of hydrogen-bond acceptors (Lipinski definition) is 1. The predicted molar refractivity (Wildman–Crippen MR) is 68.2 cm³/mol. The summed E-state index contributed by atoms with van der Waals surface area (Å²) in [5.41, 5.74) is 0.199. The number of nitrogens with zero attached hydrogens (tertiary/aromatic N) is 1. The van der Waals surface area contributed by atoms with Crippen LogP contribution in [0.1, 0.15) is 18.4 Å². The van der Waals surface area contributed by atoms with Gasteiger partial charge in [-0.25, -0.2) is 8.78 Å². The highest BCUT2D eigenvalue weighted by Crippen LogP contribution is 2.22. The smallest absolute Gasteiger partial charge is 0.130 e. The van der Waals surface area contributed by atoms with Crippen LogP contribution in [0.3, 0.4) is 0 Å². The number of alkyl halides is 1. The van der Waals surface area contributed by atoms with Gasteiger partial charge in [0.2, 0.25) is 0 Å². The highest BCUT2D eigenvalue weighted by Gasteiger charge is 2.20. The standard InChI is InChI=1S/C13H16BrF2N/c14-8-10-4-6-17(7-5-10)9-11-12(15)2-1-3-13(11)16/h1-3,10H,4-9H2. The lowest BCUT2D eigenvalue weighted by Crippen LogP contribution is -2.34. The molecule has 2 rings (SSSR count). The van der Waals surface area contributed by atoms with Crippen molar-refractivity contribution in [1.29, 1.82) is 0 Å². The van der Waals surface area contributed by atoms with E-state index in [1.54, 1.807) is 0 Å². The zero-order chi connectivity index (χ0) is 12.3.